The fourth-order valence-electron chi connectivity index (χ4n) is 0.712. The number of halogens is 1. The van der Waals surface area contributed by atoms with Crippen molar-refractivity contribution in [2.45, 2.75) is 39.9 Å². The summed E-state index contributed by atoms with van der Waals surface area (Å²) in [6.07, 6.45) is 0.438. The molecule has 0 radical (unpaired) electrons. The molecule has 66 valence electrons. The summed E-state index contributed by atoms with van der Waals surface area (Å²) in [6, 6.07) is 0. The van der Waals surface area contributed by atoms with Gasteiger partial charge in [0.25, 0.3) is 0 Å². The Morgan fingerprint density at radius 2 is 1.45 bits per heavy atom. The summed E-state index contributed by atoms with van der Waals surface area (Å²) in [4.78, 5) is 0. The first-order chi connectivity index (χ1) is 5.06. The van der Waals surface area contributed by atoms with E-state index in [0.29, 0.717) is 0 Å². The average molecular weight is 223 g/mol. The monoisotopic (exact) mass is 222 g/mol. The van der Waals surface area contributed by atoms with E-state index in [1.165, 1.54) is 0 Å². The Labute approximate surface area is 77.9 Å². The molecule has 0 aliphatic rings. The molecule has 0 N–H and O–H groups in total. The molecule has 0 heterocycles. The lowest BCUT2D eigenvalue weighted by Gasteiger charge is -2.17. The molecule has 0 fully saturated rings. The van der Waals surface area contributed by atoms with Crippen LogP contribution in [0, 0.1) is 0 Å². The van der Waals surface area contributed by atoms with Crippen LogP contribution in [0.5, 0.6) is 0 Å². The van der Waals surface area contributed by atoms with Gasteiger partial charge in [-0.3, -0.25) is 0 Å². The van der Waals surface area contributed by atoms with Gasteiger partial charge in [-0.1, -0.05) is 15.9 Å². The van der Waals surface area contributed by atoms with Gasteiger partial charge in [0.1, 0.15) is 0 Å². The molecule has 0 aromatic carbocycles. The first kappa shape index (κ1) is 11.5. The highest BCUT2D eigenvalue weighted by Crippen LogP contribution is 2.02. The van der Waals surface area contributed by atoms with Crippen LogP contribution in [0.4, 0.5) is 0 Å². The van der Waals surface area contributed by atoms with E-state index in [1.54, 1.807) is 0 Å². The van der Waals surface area contributed by atoms with Gasteiger partial charge in [-0.15, -0.1) is 0 Å². The minimum Gasteiger partial charge on any atom is -0.408 e. The Hall–Kier alpha value is 0.465. The lowest BCUT2D eigenvalue weighted by molar-refractivity contribution is 0.134. The number of alkyl halides is 1. The van der Waals surface area contributed by atoms with Gasteiger partial charge in [0, 0.05) is 17.4 Å². The fourth-order valence-corrected chi connectivity index (χ4v) is 1.02. The third-order valence-corrected chi connectivity index (χ3v) is 1.50. The van der Waals surface area contributed by atoms with Crippen LogP contribution in [0.15, 0.2) is 0 Å². The average Bonchev–Trinajstić information content (AvgIpc) is 1.84. The van der Waals surface area contributed by atoms with Crippen LogP contribution < -0.4 is 0 Å². The molecular formula is C7H16BBrO2. The molecule has 0 saturated carbocycles. The Morgan fingerprint density at radius 1 is 1.09 bits per heavy atom. The second-order valence-corrected chi connectivity index (χ2v) is 3.60. The van der Waals surface area contributed by atoms with Crippen molar-refractivity contribution in [2.24, 2.45) is 0 Å². The SMILES string of the molecule is CC(C)OB(CBr)OC(C)C. The predicted octanol–water partition coefficient (Wildman–Crippen LogP) is 2.26. The Morgan fingerprint density at radius 3 is 1.64 bits per heavy atom. The van der Waals surface area contributed by atoms with Gasteiger partial charge in [-0.05, 0) is 27.7 Å². The van der Waals surface area contributed by atoms with Crippen molar-refractivity contribution < 1.29 is 9.31 Å². The van der Waals surface area contributed by atoms with Gasteiger partial charge >= 0.3 is 7.12 Å². The van der Waals surface area contributed by atoms with Gasteiger partial charge in [0.2, 0.25) is 0 Å². The standard InChI is InChI=1S/C7H16BBrO2/c1-6(2)10-8(5-9)11-7(3)4/h6-7H,5H2,1-4H3. The smallest absolute Gasteiger partial charge is 0.408 e. The van der Waals surface area contributed by atoms with Crippen molar-refractivity contribution in [3.63, 3.8) is 0 Å². The van der Waals surface area contributed by atoms with Crippen LogP contribution in [0.3, 0.4) is 0 Å². The van der Waals surface area contributed by atoms with Crippen molar-refractivity contribution in [3.8, 4) is 0 Å². The molecule has 0 aliphatic carbocycles. The molecule has 0 atom stereocenters. The summed E-state index contributed by atoms with van der Waals surface area (Å²) in [5.74, 6) is 0. The zero-order valence-electron chi connectivity index (χ0n) is 7.63. The van der Waals surface area contributed by atoms with E-state index in [-0.39, 0.29) is 19.3 Å². The topological polar surface area (TPSA) is 18.5 Å². The zero-order chi connectivity index (χ0) is 8.85. The van der Waals surface area contributed by atoms with E-state index < -0.39 is 0 Å². The molecule has 11 heavy (non-hydrogen) atoms. The number of rotatable bonds is 5. The van der Waals surface area contributed by atoms with E-state index in [1.807, 2.05) is 27.7 Å². The van der Waals surface area contributed by atoms with E-state index in [4.69, 9.17) is 9.31 Å². The van der Waals surface area contributed by atoms with Crippen molar-refractivity contribution in [3.05, 3.63) is 0 Å². The summed E-state index contributed by atoms with van der Waals surface area (Å²) in [5, 5.41) is 0.726. The van der Waals surface area contributed by atoms with Crippen LogP contribution in [0.1, 0.15) is 27.7 Å². The largest absolute Gasteiger partial charge is 0.468 e. The maximum Gasteiger partial charge on any atom is 0.468 e. The van der Waals surface area contributed by atoms with E-state index in [9.17, 15) is 0 Å². The zero-order valence-corrected chi connectivity index (χ0v) is 9.22. The first-order valence-corrected chi connectivity index (χ1v) is 5.05. The molecule has 0 amide bonds. The fraction of sp³-hybridized carbons (Fsp3) is 1.00. The molecular weight excluding hydrogens is 207 g/mol. The third kappa shape index (κ3) is 6.85. The highest BCUT2D eigenvalue weighted by atomic mass is 79.9. The summed E-state index contributed by atoms with van der Waals surface area (Å²) in [7, 11) is -0.116. The Balaban J connectivity index is 3.58. The summed E-state index contributed by atoms with van der Waals surface area (Å²) >= 11 is 3.32. The Bertz CT molecular complexity index is 88.4. The summed E-state index contributed by atoms with van der Waals surface area (Å²) in [6.45, 7) is 8.00. The van der Waals surface area contributed by atoms with Crippen molar-refractivity contribution >= 4 is 23.0 Å². The minimum absolute atomic E-state index is 0.116. The van der Waals surface area contributed by atoms with Crippen LogP contribution in [0.2, 0.25) is 0 Å². The van der Waals surface area contributed by atoms with E-state index >= 15 is 0 Å². The molecule has 0 bridgehead atoms. The molecule has 0 aromatic rings. The van der Waals surface area contributed by atoms with E-state index in [2.05, 4.69) is 15.9 Å². The van der Waals surface area contributed by atoms with Crippen molar-refractivity contribution in [2.75, 3.05) is 5.23 Å². The molecule has 2 nitrogen and oxygen atoms in total. The second-order valence-electron chi connectivity index (χ2n) is 2.95. The number of hydrogen-bond donors (Lipinski definition) is 0. The highest BCUT2D eigenvalue weighted by molar-refractivity contribution is 9.09. The molecule has 0 aromatic heterocycles. The van der Waals surface area contributed by atoms with E-state index in [0.717, 1.165) is 5.23 Å². The lowest BCUT2D eigenvalue weighted by Crippen LogP contribution is -2.31. The van der Waals surface area contributed by atoms with Crippen molar-refractivity contribution in [1.29, 1.82) is 0 Å². The molecule has 0 unspecified atom stereocenters. The summed E-state index contributed by atoms with van der Waals surface area (Å²) in [5.41, 5.74) is 0. The van der Waals surface area contributed by atoms with Gasteiger partial charge in [-0.25, -0.2) is 0 Å². The Kier molecular flexibility index (Phi) is 6.29. The lowest BCUT2D eigenvalue weighted by atomic mass is 9.94. The van der Waals surface area contributed by atoms with Crippen LogP contribution in [-0.4, -0.2) is 24.6 Å². The molecule has 0 rings (SSSR count). The van der Waals surface area contributed by atoms with Crippen molar-refractivity contribution in [1.82, 2.24) is 0 Å². The van der Waals surface area contributed by atoms with Gasteiger partial charge < -0.3 is 9.31 Å². The van der Waals surface area contributed by atoms with Crippen LogP contribution >= 0.6 is 15.9 Å². The quantitative estimate of drug-likeness (QED) is 0.525. The molecule has 0 saturated heterocycles. The van der Waals surface area contributed by atoms with Crippen LogP contribution in [0.25, 0.3) is 0 Å². The predicted molar refractivity (Wildman–Crippen MR) is 52.0 cm³/mol. The van der Waals surface area contributed by atoms with Crippen LogP contribution in [-0.2, 0) is 9.31 Å². The minimum atomic E-state index is -0.116. The molecule has 4 heteroatoms. The maximum absolute atomic E-state index is 5.44. The highest BCUT2D eigenvalue weighted by Gasteiger charge is 2.18. The third-order valence-electron chi connectivity index (χ3n) is 0.974. The van der Waals surface area contributed by atoms with Gasteiger partial charge in [0.05, 0.1) is 0 Å². The van der Waals surface area contributed by atoms with Gasteiger partial charge in [0.15, 0.2) is 0 Å². The van der Waals surface area contributed by atoms with Gasteiger partial charge in [-0.2, -0.15) is 0 Å². The first-order valence-electron chi connectivity index (χ1n) is 3.93. The normalized spacial score (nSPS) is 11.2. The molecule has 0 spiro atoms. The molecule has 0 aliphatic heterocycles. The second kappa shape index (κ2) is 6.03. The maximum atomic E-state index is 5.44. The summed E-state index contributed by atoms with van der Waals surface area (Å²) < 4.78 is 10.9. The number of hydrogen-bond acceptors (Lipinski definition) is 2.